The van der Waals surface area contributed by atoms with Crippen molar-refractivity contribution in [2.45, 2.75) is 0 Å². The molecule has 0 aliphatic heterocycles. The molecule has 9 aromatic carbocycles. The lowest BCUT2D eigenvalue weighted by Gasteiger charge is -2.21. The van der Waals surface area contributed by atoms with E-state index >= 15 is 0 Å². The summed E-state index contributed by atoms with van der Waals surface area (Å²) >= 11 is 0. The summed E-state index contributed by atoms with van der Waals surface area (Å²) in [6.45, 7) is 0. The van der Waals surface area contributed by atoms with Gasteiger partial charge in [0.15, 0.2) is 0 Å². The normalized spacial score (nSPS) is 11.4. The molecule has 0 aliphatic rings. The molecule has 1 N–H and O–H groups in total. The summed E-state index contributed by atoms with van der Waals surface area (Å²) in [5.41, 5.74) is 11.4. The zero-order valence-corrected chi connectivity index (χ0v) is 31.8. The SMILES string of the molecule is c1ccc(-c2cc(-c3ccccc3)c(Nc3cc(Oc4cccc5oc6ccccc6c45)cc(Oc4cccc5oc6ccccc6c45)c3)c(-c3ccccc3)c2)cc1. The molecular weight excluding hydrogens is 727 g/mol. The largest absolute Gasteiger partial charge is 0.456 e. The van der Waals surface area contributed by atoms with Gasteiger partial charge in [0, 0.05) is 45.8 Å². The highest BCUT2D eigenvalue weighted by Gasteiger charge is 2.19. The smallest absolute Gasteiger partial charge is 0.139 e. The first-order chi connectivity index (χ1) is 29.2. The third-order valence-corrected chi connectivity index (χ3v) is 10.7. The number of hydrogen-bond donors (Lipinski definition) is 1. The Kier molecular flexibility index (Phi) is 8.41. The second-order valence-corrected chi connectivity index (χ2v) is 14.5. The Morgan fingerprint density at radius 1 is 0.339 bits per heavy atom. The van der Waals surface area contributed by atoms with Crippen LogP contribution in [0, 0.1) is 0 Å². The van der Waals surface area contributed by atoms with Crippen LogP contribution in [0.3, 0.4) is 0 Å². The highest BCUT2D eigenvalue weighted by molar-refractivity contribution is 6.09. The van der Waals surface area contributed by atoms with Gasteiger partial charge in [-0.2, -0.15) is 0 Å². The second-order valence-electron chi connectivity index (χ2n) is 14.5. The topological polar surface area (TPSA) is 56.8 Å². The molecule has 0 bridgehead atoms. The van der Waals surface area contributed by atoms with E-state index in [-0.39, 0.29) is 0 Å². The summed E-state index contributed by atoms with van der Waals surface area (Å²) in [4.78, 5) is 0. The van der Waals surface area contributed by atoms with Gasteiger partial charge in [-0.3, -0.25) is 0 Å². The first-order valence-corrected chi connectivity index (χ1v) is 19.6. The minimum Gasteiger partial charge on any atom is -0.456 e. The lowest BCUT2D eigenvalue weighted by molar-refractivity contribution is 0.466. The maximum atomic E-state index is 6.87. The minimum absolute atomic E-state index is 0.593. The molecule has 59 heavy (non-hydrogen) atoms. The highest BCUT2D eigenvalue weighted by atomic mass is 16.5. The summed E-state index contributed by atoms with van der Waals surface area (Å²) in [6, 6.07) is 70.0. The maximum Gasteiger partial charge on any atom is 0.139 e. The maximum absolute atomic E-state index is 6.87. The average Bonchev–Trinajstić information content (AvgIpc) is 3.87. The quantitative estimate of drug-likeness (QED) is 0.159. The molecule has 0 fully saturated rings. The van der Waals surface area contributed by atoms with Gasteiger partial charge in [0.25, 0.3) is 0 Å². The zero-order chi connectivity index (χ0) is 39.1. The fraction of sp³-hybridized carbons (Fsp3) is 0. The lowest BCUT2D eigenvalue weighted by Crippen LogP contribution is -1.99. The molecule has 0 saturated heterocycles. The van der Waals surface area contributed by atoms with Gasteiger partial charge >= 0.3 is 0 Å². The van der Waals surface area contributed by atoms with Crippen LogP contribution in [0.2, 0.25) is 0 Å². The van der Waals surface area contributed by atoms with E-state index in [1.165, 1.54) is 0 Å². The van der Waals surface area contributed by atoms with Crippen LogP contribution in [0.1, 0.15) is 0 Å². The average molecular weight is 762 g/mol. The van der Waals surface area contributed by atoms with E-state index in [1.807, 2.05) is 103 Å². The molecule has 0 aliphatic carbocycles. The monoisotopic (exact) mass is 761 g/mol. The molecule has 0 atom stereocenters. The molecular formula is C54H35NO4. The van der Waals surface area contributed by atoms with Gasteiger partial charge in [-0.1, -0.05) is 140 Å². The Morgan fingerprint density at radius 3 is 1.25 bits per heavy atom. The molecule has 5 nitrogen and oxygen atoms in total. The van der Waals surface area contributed by atoms with Crippen LogP contribution in [0.15, 0.2) is 215 Å². The van der Waals surface area contributed by atoms with Gasteiger partial charge in [-0.25, -0.2) is 0 Å². The summed E-state index contributed by atoms with van der Waals surface area (Å²) in [7, 11) is 0. The molecule has 0 saturated carbocycles. The lowest BCUT2D eigenvalue weighted by atomic mass is 9.91. The molecule has 2 heterocycles. The predicted molar refractivity (Wildman–Crippen MR) is 240 cm³/mol. The van der Waals surface area contributed by atoms with Crippen molar-refractivity contribution in [1.29, 1.82) is 0 Å². The number of benzene rings is 9. The van der Waals surface area contributed by atoms with Crippen LogP contribution < -0.4 is 14.8 Å². The van der Waals surface area contributed by atoms with Crippen LogP contribution in [-0.4, -0.2) is 0 Å². The van der Waals surface area contributed by atoms with E-state index in [2.05, 4.69) is 108 Å². The van der Waals surface area contributed by atoms with Gasteiger partial charge in [0.1, 0.15) is 45.3 Å². The molecule has 2 aromatic heterocycles. The summed E-state index contributed by atoms with van der Waals surface area (Å²) in [5, 5.41) is 7.69. The summed E-state index contributed by atoms with van der Waals surface area (Å²) in [5.74, 6) is 2.55. The van der Waals surface area contributed by atoms with Gasteiger partial charge < -0.3 is 23.6 Å². The fourth-order valence-corrected chi connectivity index (χ4v) is 8.08. The molecule has 11 rings (SSSR count). The number of rotatable bonds is 9. The van der Waals surface area contributed by atoms with Crippen molar-refractivity contribution in [1.82, 2.24) is 0 Å². The van der Waals surface area contributed by atoms with Crippen molar-refractivity contribution in [3.8, 4) is 56.4 Å². The van der Waals surface area contributed by atoms with Crippen molar-refractivity contribution in [2.75, 3.05) is 5.32 Å². The molecule has 0 unspecified atom stereocenters. The van der Waals surface area contributed by atoms with Gasteiger partial charge in [0.2, 0.25) is 0 Å². The van der Waals surface area contributed by atoms with Gasteiger partial charge in [-0.15, -0.1) is 0 Å². The number of fused-ring (bicyclic) bond motifs is 6. The Bertz CT molecular complexity index is 3100. The number of nitrogens with one attached hydrogen (secondary N) is 1. The number of para-hydroxylation sites is 2. The standard InChI is InChI=1S/C54H35NO4/c1-4-16-35(17-5-1)38-30-44(36-18-6-2-7-19-36)54(45(31-38)37-20-8-3-9-21-37)55-39-32-40(56-48-26-14-28-50-52(48)42-22-10-12-24-46(42)58-50)34-41(33-39)57-49-27-15-29-51-53(49)43-23-11-13-25-47(43)59-51/h1-34,55H. The Balaban J connectivity index is 1.10. The molecule has 5 heteroatoms. The van der Waals surface area contributed by atoms with Crippen LogP contribution >= 0.6 is 0 Å². The number of ether oxygens (including phenoxy) is 2. The Hall–Kier alpha value is -8.02. The Labute approximate surface area is 340 Å². The molecule has 0 spiro atoms. The van der Waals surface area contributed by atoms with Crippen LogP contribution in [0.4, 0.5) is 11.4 Å². The first-order valence-electron chi connectivity index (χ1n) is 19.6. The van der Waals surface area contributed by atoms with E-state index in [4.69, 9.17) is 18.3 Å². The number of hydrogen-bond acceptors (Lipinski definition) is 5. The predicted octanol–water partition coefficient (Wildman–Crippen LogP) is 15.8. The van der Waals surface area contributed by atoms with Gasteiger partial charge in [-0.05, 0) is 70.8 Å². The number of anilines is 2. The van der Waals surface area contributed by atoms with Crippen molar-refractivity contribution < 1.29 is 18.3 Å². The fourth-order valence-electron chi connectivity index (χ4n) is 8.08. The first kappa shape index (κ1) is 34.2. The van der Waals surface area contributed by atoms with Gasteiger partial charge in [0.05, 0.1) is 16.5 Å². The van der Waals surface area contributed by atoms with Crippen molar-refractivity contribution in [3.05, 3.63) is 206 Å². The third kappa shape index (κ3) is 6.41. The van der Waals surface area contributed by atoms with Crippen molar-refractivity contribution in [2.24, 2.45) is 0 Å². The van der Waals surface area contributed by atoms with E-state index in [1.54, 1.807) is 0 Å². The highest BCUT2D eigenvalue weighted by Crippen LogP contribution is 2.46. The summed E-state index contributed by atoms with van der Waals surface area (Å²) < 4.78 is 26.2. The molecule has 11 aromatic rings. The van der Waals surface area contributed by atoms with Crippen LogP contribution in [0.25, 0.3) is 77.3 Å². The molecule has 0 radical (unpaired) electrons. The molecule has 0 amide bonds. The second kappa shape index (κ2) is 14.5. The Morgan fingerprint density at radius 2 is 0.763 bits per heavy atom. The van der Waals surface area contributed by atoms with Crippen molar-refractivity contribution >= 4 is 55.3 Å². The minimum atomic E-state index is 0.593. The van der Waals surface area contributed by atoms with E-state index in [9.17, 15) is 0 Å². The van der Waals surface area contributed by atoms with E-state index in [0.717, 1.165) is 88.6 Å². The molecule has 280 valence electrons. The zero-order valence-electron chi connectivity index (χ0n) is 31.8. The summed E-state index contributed by atoms with van der Waals surface area (Å²) in [6.07, 6.45) is 0. The van der Waals surface area contributed by atoms with E-state index < -0.39 is 0 Å². The third-order valence-electron chi connectivity index (χ3n) is 10.7. The number of furan rings is 2. The van der Waals surface area contributed by atoms with Crippen LogP contribution in [0.5, 0.6) is 23.0 Å². The van der Waals surface area contributed by atoms with E-state index in [0.29, 0.717) is 23.0 Å². The van der Waals surface area contributed by atoms with Crippen molar-refractivity contribution in [3.63, 3.8) is 0 Å². The van der Waals surface area contributed by atoms with Crippen LogP contribution in [-0.2, 0) is 0 Å².